The predicted molar refractivity (Wildman–Crippen MR) is 65.0 cm³/mol. The maximum absolute atomic E-state index is 13.4. The van der Waals surface area contributed by atoms with Gasteiger partial charge in [0.1, 0.15) is 5.75 Å². The van der Waals surface area contributed by atoms with E-state index >= 15 is 0 Å². The Bertz CT molecular complexity index is 642. The Morgan fingerprint density at radius 3 is 2.58 bits per heavy atom. The molecule has 2 aromatic rings. The van der Waals surface area contributed by atoms with Crippen molar-refractivity contribution in [2.45, 2.75) is 0 Å². The predicted octanol–water partition coefficient (Wildman–Crippen LogP) is 3.34. The third-order valence-electron chi connectivity index (χ3n) is 2.39. The van der Waals surface area contributed by atoms with Gasteiger partial charge in [-0.2, -0.15) is 0 Å². The third-order valence-corrected chi connectivity index (χ3v) is 2.39. The highest BCUT2D eigenvalue weighted by atomic mass is 19.1. The molecule has 0 radical (unpaired) electrons. The molecular formula is C13H8FNO4. The molecule has 2 rings (SSSR count). The monoisotopic (exact) mass is 261 g/mol. The zero-order chi connectivity index (χ0) is 13.8. The van der Waals surface area contributed by atoms with E-state index in [2.05, 4.69) is 0 Å². The van der Waals surface area contributed by atoms with Crippen molar-refractivity contribution in [2.24, 2.45) is 0 Å². The van der Waals surface area contributed by atoms with Crippen LogP contribution in [0.25, 0.3) is 0 Å². The van der Waals surface area contributed by atoms with Crippen molar-refractivity contribution < 1.29 is 18.8 Å². The molecule has 0 N–H and O–H groups in total. The van der Waals surface area contributed by atoms with Crippen LogP contribution in [-0.4, -0.2) is 11.2 Å². The lowest BCUT2D eigenvalue weighted by atomic mass is 10.2. The summed E-state index contributed by atoms with van der Waals surface area (Å²) in [6.07, 6.45) is 0.354. The Balaban J connectivity index is 2.35. The molecule has 2 aromatic carbocycles. The molecular weight excluding hydrogens is 253 g/mol. The first kappa shape index (κ1) is 12.7. The summed E-state index contributed by atoms with van der Waals surface area (Å²) >= 11 is 0. The molecule has 5 nitrogen and oxygen atoms in total. The van der Waals surface area contributed by atoms with E-state index in [1.807, 2.05) is 0 Å². The summed E-state index contributed by atoms with van der Waals surface area (Å²) in [5.41, 5.74) is -0.449. The summed E-state index contributed by atoms with van der Waals surface area (Å²) in [4.78, 5) is 20.7. The Hall–Kier alpha value is -2.76. The first-order valence-corrected chi connectivity index (χ1v) is 5.28. The number of nitrogens with zero attached hydrogens (tertiary/aromatic N) is 1. The van der Waals surface area contributed by atoms with Gasteiger partial charge in [0, 0.05) is 6.07 Å². The zero-order valence-electron chi connectivity index (χ0n) is 9.58. The van der Waals surface area contributed by atoms with Crippen molar-refractivity contribution in [2.75, 3.05) is 0 Å². The Labute approximate surface area is 107 Å². The van der Waals surface area contributed by atoms with Crippen LogP contribution >= 0.6 is 0 Å². The average molecular weight is 261 g/mol. The fraction of sp³-hybridized carbons (Fsp3) is 0. The highest BCUT2D eigenvalue weighted by molar-refractivity contribution is 5.82. The van der Waals surface area contributed by atoms with Crippen LogP contribution in [0.1, 0.15) is 10.4 Å². The number of hydrogen-bond acceptors (Lipinski definition) is 4. The molecule has 0 unspecified atom stereocenters. The molecule has 6 heteroatoms. The van der Waals surface area contributed by atoms with Crippen LogP contribution in [0, 0.1) is 15.9 Å². The Kier molecular flexibility index (Phi) is 3.51. The van der Waals surface area contributed by atoms with Crippen LogP contribution in [0.2, 0.25) is 0 Å². The third kappa shape index (κ3) is 2.74. The highest BCUT2D eigenvalue weighted by Gasteiger charge is 2.14. The maximum atomic E-state index is 13.4. The van der Waals surface area contributed by atoms with Crippen LogP contribution in [0.15, 0.2) is 42.5 Å². The van der Waals surface area contributed by atoms with Gasteiger partial charge in [-0.15, -0.1) is 0 Å². The van der Waals surface area contributed by atoms with E-state index in [0.717, 1.165) is 6.07 Å². The maximum Gasteiger partial charge on any atom is 0.280 e. The second kappa shape index (κ2) is 5.26. The molecule has 0 aliphatic carbocycles. The number of ether oxygens (including phenoxy) is 1. The molecule has 0 aliphatic rings. The number of carbonyl (C=O) groups is 1. The molecule has 0 saturated carbocycles. The van der Waals surface area contributed by atoms with E-state index < -0.39 is 10.7 Å². The van der Waals surface area contributed by atoms with Crippen molar-refractivity contribution in [3.8, 4) is 11.5 Å². The van der Waals surface area contributed by atoms with Gasteiger partial charge in [0.15, 0.2) is 17.9 Å². The molecule has 0 fully saturated rings. The number of aldehydes is 1. The summed E-state index contributed by atoms with van der Waals surface area (Å²) in [6, 6.07) is 9.37. The van der Waals surface area contributed by atoms with Crippen molar-refractivity contribution >= 4 is 12.0 Å². The summed E-state index contributed by atoms with van der Waals surface area (Å²) in [6.45, 7) is 0. The minimum absolute atomic E-state index is 0.0202. The molecule has 0 aromatic heterocycles. The Morgan fingerprint density at radius 2 is 1.95 bits per heavy atom. The molecule has 0 heterocycles. The van der Waals surface area contributed by atoms with E-state index in [4.69, 9.17) is 4.74 Å². The van der Waals surface area contributed by atoms with Gasteiger partial charge in [0.05, 0.1) is 10.5 Å². The summed E-state index contributed by atoms with van der Waals surface area (Å²) in [5.74, 6) is -0.431. The lowest BCUT2D eigenvalue weighted by molar-refractivity contribution is -0.385. The summed E-state index contributed by atoms with van der Waals surface area (Å²) in [7, 11) is 0. The van der Waals surface area contributed by atoms with Crippen LogP contribution < -0.4 is 4.74 Å². The summed E-state index contributed by atoms with van der Waals surface area (Å²) in [5, 5.41) is 10.7. The number of nitro benzene ring substituents is 1. The van der Waals surface area contributed by atoms with Gasteiger partial charge in [-0.1, -0.05) is 12.1 Å². The zero-order valence-corrected chi connectivity index (χ0v) is 9.58. The van der Waals surface area contributed by atoms with E-state index in [0.29, 0.717) is 6.29 Å². The Morgan fingerprint density at radius 1 is 1.21 bits per heavy atom. The molecule has 0 spiro atoms. The average Bonchev–Trinajstić information content (AvgIpc) is 2.41. The molecule has 0 aliphatic heterocycles. The fourth-order valence-electron chi connectivity index (χ4n) is 1.51. The number of hydrogen-bond donors (Lipinski definition) is 0. The van der Waals surface area contributed by atoms with Crippen LogP contribution in [-0.2, 0) is 0 Å². The van der Waals surface area contributed by atoms with Gasteiger partial charge in [0.25, 0.3) is 5.69 Å². The van der Waals surface area contributed by atoms with Crippen molar-refractivity contribution in [3.63, 3.8) is 0 Å². The number of nitro groups is 1. The van der Waals surface area contributed by atoms with Crippen LogP contribution in [0.3, 0.4) is 0 Å². The van der Waals surface area contributed by atoms with Gasteiger partial charge in [0.2, 0.25) is 0 Å². The molecule has 0 saturated heterocycles. The molecule has 96 valence electrons. The van der Waals surface area contributed by atoms with Gasteiger partial charge >= 0.3 is 0 Å². The van der Waals surface area contributed by atoms with Crippen LogP contribution in [0.5, 0.6) is 11.5 Å². The van der Waals surface area contributed by atoms with E-state index in [9.17, 15) is 19.3 Å². The highest BCUT2D eigenvalue weighted by Crippen LogP contribution is 2.28. The molecule has 19 heavy (non-hydrogen) atoms. The van der Waals surface area contributed by atoms with Gasteiger partial charge in [-0.3, -0.25) is 14.9 Å². The number of carbonyl (C=O) groups excluding carboxylic acids is 1. The number of para-hydroxylation sites is 1. The van der Waals surface area contributed by atoms with Crippen molar-refractivity contribution in [3.05, 3.63) is 64.0 Å². The second-order valence-corrected chi connectivity index (χ2v) is 3.63. The first-order valence-electron chi connectivity index (χ1n) is 5.28. The molecule has 0 amide bonds. The number of rotatable bonds is 4. The quantitative estimate of drug-likeness (QED) is 0.480. The topological polar surface area (TPSA) is 69.4 Å². The van der Waals surface area contributed by atoms with E-state index in [1.54, 1.807) is 6.07 Å². The normalized spacial score (nSPS) is 9.95. The number of benzene rings is 2. The van der Waals surface area contributed by atoms with Gasteiger partial charge in [-0.25, -0.2) is 4.39 Å². The van der Waals surface area contributed by atoms with Gasteiger partial charge in [-0.05, 0) is 24.3 Å². The van der Waals surface area contributed by atoms with Gasteiger partial charge < -0.3 is 4.74 Å². The van der Waals surface area contributed by atoms with Crippen LogP contribution in [0.4, 0.5) is 10.1 Å². The lowest BCUT2D eigenvalue weighted by Crippen LogP contribution is -1.95. The lowest BCUT2D eigenvalue weighted by Gasteiger charge is -2.06. The number of halogens is 1. The minimum atomic E-state index is -0.670. The minimum Gasteiger partial charge on any atom is -0.454 e. The standard InChI is InChI=1S/C13H8FNO4/c14-11-3-1-2-4-13(11)19-10-5-6-12(15(17)18)9(7-10)8-16/h1-8H. The summed E-state index contributed by atoms with van der Waals surface area (Å²) < 4.78 is 18.6. The van der Waals surface area contributed by atoms with Crippen molar-refractivity contribution in [1.29, 1.82) is 0 Å². The van der Waals surface area contributed by atoms with E-state index in [1.165, 1.54) is 30.3 Å². The largest absolute Gasteiger partial charge is 0.454 e. The second-order valence-electron chi connectivity index (χ2n) is 3.63. The van der Waals surface area contributed by atoms with E-state index in [-0.39, 0.29) is 22.7 Å². The molecule has 0 atom stereocenters. The van der Waals surface area contributed by atoms with Crippen molar-refractivity contribution in [1.82, 2.24) is 0 Å². The first-order chi connectivity index (χ1) is 9.11. The smallest absolute Gasteiger partial charge is 0.280 e. The molecule has 0 bridgehead atoms. The SMILES string of the molecule is O=Cc1cc(Oc2ccccc2F)ccc1[N+](=O)[O-]. The fourth-order valence-corrected chi connectivity index (χ4v) is 1.51.